The summed E-state index contributed by atoms with van der Waals surface area (Å²) in [5, 5.41) is 1.21. The summed E-state index contributed by atoms with van der Waals surface area (Å²) in [7, 11) is 6.01. The molecule has 0 fully saturated rings. The van der Waals surface area contributed by atoms with Crippen LogP contribution in [0.5, 0.6) is 46.8 Å². The molecule has 2 amide bonds. The fourth-order valence-electron chi connectivity index (χ4n) is 9.88. The number of hydrogen-bond donors (Lipinski definition) is 0. The second kappa shape index (κ2) is 19.9. The molecule has 4 aliphatic heterocycles. The van der Waals surface area contributed by atoms with E-state index >= 15 is 0 Å². The zero-order chi connectivity index (χ0) is 53.1. The van der Waals surface area contributed by atoms with Crippen LogP contribution in [-0.4, -0.2) is 92.9 Å². The molecule has 0 spiro atoms. The van der Waals surface area contributed by atoms with Crippen molar-refractivity contribution in [1.82, 2.24) is 39.0 Å². The molecule has 0 bridgehead atoms. The minimum Gasteiger partial charge on any atom is -0.480 e. The van der Waals surface area contributed by atoms with Gasteiger partial charge < -0.3 is 47.0 Å². The number of carbonyl (C=O) groups excluding carboxylic acids is 2. The Balaban J connectivity index is 0.000000162. The SMILES string of the molecule is COc1ncc(-c2nc3c(n2C(C)C)[C@@H](c2ccc(Cl)cc2)N(c2ccc4c(c2)OCO4)C3=O)c(OC)n1.COc1ncc(-c2nc3c(n2C(C)C)[C@H](c2ccc(Cl)cc2)N(c2ccc4c(c2)OCO4)C3=O)c(OC)n1. The first-order valence-corrected chi connectivity index (χ1v) is 24.7. The molecule has 0 aliphatic carbocycles. The molecule has 4 aromatic carbocycles. The molecule has 8 heterocycles. The third-order valence-electron chi connectivity index (χ3n) is 13.1. The lowest BCUT2D eigenvalue weighted by Gasteiger charge is -2.28. The van der Waals surface area contributed by atoms with Gasteiger partial charge in [0.25, 0.3) is 11.8 Å². The second-order valence-corrected chi connectivity index (χ2v) is 19.0. The molecule has 22 heteroatoms. The number of hydrogen-bond acceptors (Lipinski definition) is 16. The van der Waals surface area contributed by atoms with Crippen LogP contribution in [0.2, 0.25) is 10.0 Å². The maximum absolute atomic E-state index is 14.1. The highest BCUT2D eigenvalue weighted by Crippen LogP contribution is 2.50. The van der Waals surface area contributed by atoms with Gasteiger partial charge in [0.2, 0.25) is 25.3 Å². The minimum atomic E-state index is -0.482. The fraction of sp³-hybridized carbons (Fsp3) is 0.259. The number of amides is 2. The zero-order valence-corrected chi connectivity index (χ0v) is 43.8. The molecule has 8 aromatic rings. The Bertz CT molecular complexity index is 3340. The van der Waals surface area contributed by atoms with E-state index in [0.29, 0.717) is 90.3 Å². The van der Waals surface area contributed by atoms with E-state index < -0.39 is 12.1 Å². The minimum absolute atomic E-state index is 0.0626. The van der Waals surface area contributed by atoms with Crippen LogP contribution in [0.15, 0.2) is 97.3 Å². The van der Waals surface area contributed by atoms with Gasteiger partial charge in [0, 0.05) is 58.0 Å². The molecular formula is C54H48Cl2N10O10. The van der Waals surface area contributed by atoms with Crippen molar-refractivity contribution < 1.29 is 47.5 Å². The molecule has 4 aliphatic rings. The predicted octanol–water partition coefficient (Wildman–Crippen LogP) is 10.1. The number of imidazole rings is 2. The molecule has 0 N–H and O–H groups in total. The quantitative estimate of drug-likeness (QED) is 0.112. The van der Waals surface area contributed by atoms with E-state index in [1.54, 1.807) is 22.2 Å². The van der Waals surface area contributed by atoms with Gasteiger partial charge in [-0.1, -0.05) is 47.5 Å². The Kier molecular flexibility index (Phi) is 13.0. The molecule has 20 nitrogen and oxygen atoms in total. The summed E-state index contributed by atoms with van der Waals surface area (Å²) in [6.45, 7) is 8.43. The van der Waals surface area contributed by atoms with Crippen molar-refractivity contribution >= 4 is 46.4 Å². The van der Waals surface area contributed by atoms with Crippen LogP contribution in [0.3, 0.4) is 0 Å². The van der Waals surface area contributed by atoms with Crippen molar-refractivity contribution in [2.75, 3.05) is 51.8 Å². The van der Waals surface area contributed by atoms with Gasteiger partial charge in [0.1, 0.15) is 23.7 Å². The third kappa shape index (κ3) is 8.42. The molecule has 0 saturated carbocycles. The summed E-state index contributed by atoms with van der Waals surface area (Å²) in [6.07, 6.45) is 3.19. The number of fused-ring (bicyclic) bond motifs is 4. The van der Waals surface area contributed by atoms with Crippen molar-refractivity contribution in [2.24, 2.45) is 0 Å². The third-order valence-corrected chi connectivity index (χ3v) is 13.6. The first-order chi connectivity index (χ1) is 36.8. The van der Waals surface area contributed by atoms with E-state index in [1.807, 2.05) is 122 Å². The van der Waals surface area contributed by atoms with Crippen molar-refractivity contribution in [3.8, 4) is 69.6 Å². The van der Waals surface area contributed by atoms with Crippen molar-refractivity contribution in [3.63, 3.8) is 0 Å². The van der Waals surface area contributed by atoms with E-state index in [0.717, 1.165) is 22.5 Å². The van der Waals surface area contributed by atoms with Crippen LogP contribution in [0, 0.1) is 0 Å². The first-order valence-electron chi connectivity index (χ1n) is 23.9. The predicted molar refractivity (Wildman–Crippen MR) is 279 cm³/mol. The van der Waals surface area contributed by atoms with Crippen molar-refractivity contribution in [2.45, 2.75) is 51.9 Å². The molecular weight excluding hydrogens is 1020 g/mol. The average molecular weight is 1070 g/mol. The number of anilines is 2. The maximum atomic E-state index is 14.1. The van der Waals surface area contributed by atoms with Gasteiger partial charge >= 0.3 is 12.0 Å². The zero-order valence-electron chi connectivity index (χ0n) is 42.3. The maximum Gasteiger partial charge on any atom is 0.319 e. The Labute approximate surface area is 445 Å². The largest absolute Gasteiger partial charge is 0.480 e. The van der Waals surface area contributed by atoms with Crippen LogP contribution in [0.1, 0.15) is 95.4 Å². The summed E-state index contributed by atoms with van der Waals surface area (Å²) < 4.78 is 47.6. The molecule has 0 saturated heterocycles. The van der Waals surface area contributed by atoms with Gasteiger partial charge in [0.05, 0.1) is 51.0 Å². The number of carbonyl (C=O) groups is 2. The van der Waals surface area contributed by atoms with E-state index in [2.05, 4.69) is 19.9 Å². The number of nitrogens with zero attached hydrogens (tertiary/aromatic N) is 10. The van der Waals surface area contributed by atoms with Gasteiger partial charge in [-0.3, -0.25) is 19.4 Å². The number of methoxy groups -OCH3 is 4. The van der Waals surface area contributed by atoms with Crippen LogP contribution >= 0.6 is 23.2 Å². The highest BCUT2D eigenvalue weighted by molar-refractivity contribution is 6.30. The average Bonchev–Trinajstić information content (AvgIpc) is 4.36. The first kappa shape index (κ1) is 49.6. The van der Waals surface area contributed by atoms with Crippen molar-refractivity contribution in [3.05, 3.63) is 141 Å². The van der Waals surface area contributed by atoms with Gasteiger partial charge in [-0.15, -0.1) is 0 Å². The van der Waals surface area contributed by atoms with Gasteiger partial charge in [-0.2, -0.15) is 9.97 Å². The van der Waals surface area contributed by atoms with Gasteiger partial charge in [-0.25, -0.2) is 19.9 Å². The monoisotopic (exact) mass is 1070 g/mol. The van der Waals surface area contributed by atoms with Crippen LogP contribution < -0.4 is 47.7 Å². The summed E-state index contributed by atoms with van der Waals surface area (Å²) in [5.41, 5.74) is 6.36. The molecule has 4 aromatic heterocycles. The second-order valence-electron chi connectivity index (χ2n) is 18.2. The fourth-order valence-corrected chi connectivity index (χ4v) is 10.1. The summed E-state index contributed by atoms with van der Waals surface area (Å²) in [5.74, 6) is 3.62. The molecule has 388 valence electrons. The number of rotatable bonds is 12. The summed E-state index contributed by atoms with van der Waals surface area (Å²) in [4.78, 5) is 58.5. The topological polar surface area (TPSA) is 202 Å². The Hall–Kier alpha value is -8.62. The van der Waals surface area contributed by atoms with Crippen LogP contribution in [-0.2, 0) is 0 Å². The van der Waals surface area contributed by atoms with E-state index in [1.165, 1.54) is 28.4 Å². The lowest BCUT2D eigenvalue weighted by Crippen LogP contribution is -2.30. The highest BCUT2D eigenvalue weighted by Gasteiger charge is 2.47. The molecule has 12 rings (SSSR count). The summed E-state index contributed by atoms with van der Waals surface area (Å²) >= 11 is 12.4. The van der Waals surface area contributed by atoms with Gasteiger partial charge in [-0.05, 0) is 87.4 Å². The lowest BCUT2D eigenvalue weighted by atomic mass is 10.0. The molecule has 76 heavy (non-hydrogen) atoms. The molecule has 2 atom stereocenters. The lowest BCUT2D eigenvalue weighted by molar-refractivity contribution is 0.0981. The highest BCUT2D eigenvalue weighted by atomic mass is 35.5. The van der Waals surface area contributed by atoms with E-state index in [9.17, 15) is 9.59 Å². The van der Waals surface area contributed by atoms with Crippen LogP contribution in [0.25, 0.3) is 22.8 Å². The number of aromatic nitrogens is 8. The number of ether oxygens (including phenoxy) is 8. The molecule has 0 unspecified atom stereocenters. The number of benzene rings is 4. The van der Waals surface area contributed by atoms with Crippen LogP contribution in [0.4, 0.5) is 11.4 Å². The summed E-state index contributed by atoms with van der Waals surface area (Å²) in [6, 6.07) is 25.1. The Morgan fingerprint density at radius 2 is 0.895 bits per heavy atom. The van der Waals surface area contributed by atoms with E-state index in [-0.39, 0.29) is 49.5 Å². The normalized spacial score (nSPS) is 15.8. The number of halogens is 2. The van der Waals surface area contributed by atoms with E-state index in [4.69, 9.17) is 71.1 Å². The van der Waals surface area contributed by atoms with Crippen molar-refractivity contribution in [1.29, 1.82) is 0 Å². The standard InChI is InChI=1S/2C27H24ClN5O5/c2*1-14(2)32-23-21(30-24(32)18-12-29-27(36-4)31-25(18)35-3)26(34)33(22(23)15-5-7-16(28)8-6-15)17-9-10-19-20(11-17)38-13-37-19/h2*5-12,14,22H,13H2,1-4H3/t2*22-/m10/s1. The Morgan fingerprint density at radius 1 is 0.513 bits per heavy atom. The molecule has 0 radical (unpaired) electrons. The van der Waals surface area contributed by atoms with Gasteiger partial charge in [0.15, 0.2) is 34.4 Å². The Morgan fingerprint density at radius 3 is 1.25 bits per heavy atom. The smallest absolute Gasteiger partial charge is 0.319 e.